The Bertz CT molecular complexity index is 650. The molecule has 0 aliphatic carbocycles. The minimum absolute atomic E-state index is 0.220. The van der Waals surface area contributed by atoms with E-state index in [9.17, 15) is 15.3 Å². The van der Waals surface area contributed by atoms with Gasteiger partial charge in [0.05, 0.1) is 19.8 Å². The molecular formula is C20H24O6. The zero-order valence-electron chi connectivity index (χ0n) is 14.3. The number of aliphatic hydroxyl groups is 3. The molecule has 1 saturated heterocycles. The van der Waals surface area contributed by atoms with Crippen LogP contribution >= 0.6 is 0 Å². The Morgan fingerprint density at radius 2 is 1.27 bits per heavy atom. The highest BCUT2D eigenvalue weighted by molar-refractivity contribution is 5.14. The Kier molecular flexibility index (Phi) is 6.73. The summed E-state index contributed by atoms with van der Waals surface area (Å²) in [6.45, 7) is 0.0983. The van der Waals surface area contributed by atoms with Gasteiger partial charge in [-0.25, -0.2) is 0 Å². The lowest BCUT2D eigenvalue weighted by atomic mass is 9.98. The van der Waals surface area contributed by atoms with Crippen LogP contribution in [0, 0.1) is 0 Å². The zero-order valence-corrected chi connectivity index (χ0v) is 14.3. The molecule has 1 aliphatic heterocycles. The van der Waals surface area contributed by atoms with E-state index in [1.165, 1.54) is 0 Å². The third-order valence-corrected chi connectivity index (χ3v) is 4.39. The van der Waals surface area contributed by atoms with Crippen molar-refractivity contribution in [2.24, 2.45) is 0 Å². The van der Waals surface area contributed by atoms with E-state index in [-0.39, 0.29) is 19.8 Å². The summed E-state index contributed by atoms with van der Waals surface area (Å²) in [5.74, 6) is 0. The largest absolute Gasteiger partial charge is 0.394 e. The molecule has 1 fully saturated rings. The van der Waals surface area contributed by atoms with Crippen molar-refractivity contribution in [2.75, 3.05) is 6.61 Å². The van der Waals surface area contributed by atoms with Gasteiger partial charge in [-0.2, -0.15) is 0 Å². The van der Waals surface area contributed by atoms with Crippen LogP contribution in [-0.2, 0) is 27.4 Å². The maximum absolute atomic E-state index is 10.7. The van der Waals surface area contributed by atoms with Crippen LogP contribution < -0.4 is 0 Å². The van der Waals surface area contributed by atoms with E-state index in [0.29, 0.717) is 0 Å². The van der Waals surface area contributed by atoms with Gasteiger partial charge in [-0.15, -0.1) is 0 Å². The Labute approximate surface area is 152 Å². The fourth-order valence-corrected chi connectivity index (χ4v) is 2.98. The maximum Gasteiger partial charge on any atom is 0.184 e. The van der Waals surface area contributed by atoms with Crippen LogP contribution in [0.1, 0.15) is 11.1 Å². The molecule has 2 aromatic rings. The molecule has 140 valence electrons. The first kappa shape index (κ1) is 19.0. The molecule has 26 heavy (non-hydrogen) atoms. The second-order valence-electron chi connectivity index (χ2n) is 6.26. The molecule has 0 radical (unpaired) electrons. The number of benzene rings is 2. The molecular weight excluding hydrogens is 336 g/mol. The Morgan fingerprint density at radius 1 is 0.769 bits per heavy atom. The minimum Gasteiger partial charge on any atom is -0.394 e. The monoisotopic (exact) mass is 360 g/mol. The molecule has 2 aromatic carbocycles. The van der Waals surface area contributed by atoms with E-state index in [1.54, 1.807) is 0 Å². The van der Waals surface area contributed by atoms with Crippen LogP contribution in [0.5, 0.6) is 0 Å². The molecule has 1 aliphatic rings. The van der Waals surface area contributed by atoms with Crippen molar-refractivity contribution in [3.05, 3.63) is 71.8 Å². The molecule has 6 nitrogen and oxygen atoms in total. The van der Waals surface area contributed by atoms with Gasteiger partial charge in [-0.05, 0) is 11.1 Å². The summed E-state index contributed by atoms with van der Waals surface area (Å²) in [5.41, 5.74) is 1.85. The molecule has 0 bridgehead atoms. The van der Waals surface area contributed by atoms with Gasteiger partial charge in [0.15, 0.2) is 6.29 Å². The van der Waals surface area contributed by atoms with Gasteiger partial charge in [0.2, 0.25) is 0 Å². The molecule has 0 spiro atoms. The van der Waals surface area contributed by atoms with Crippen LogP contribution in [0.25, 0.3) is 0 Å². The summed E-state index contributed by atoms with van der Waals surface area (Å²) in [4.78, 5) is 0. The predicted molar refractivity (Wildman–Crippen MR) is 94.0 cm³/mol. The predicted octanol–water partition coefficient (Wildman–Crippen LogP) is 1.23. The molecule has 0 amide bonds. The van der Waals surface area contributed by atoms with Crippen molar-refractivity contribution in [1.82, 2.24) is 0 Å². The van der Waals surface area contributed by atoms with Crippen molar-refractivity contribution in [3.63, 3.8) is 0 Å². The second kappa shape index (κ2) is 9.23. The van der Waals surface area contributed by atoms with Gasteiger partial charge in [0, 0.05) is 0 Å². The van der Waals surface area contributed by atoms with Crippen LogP contribution in [0.4, 0.5) is 0 Å². The number of hydrogen-bond donors (Lipinski definition) is 3. The van der Waals surface area contributed by atoms with Crippen LogP contribution in [0.2, 0.25) is 0 Å². The standard InChI is InChI=1S/C20H24O6/c21-11-16-18(24-12-14-7-3-1-4-8-14)17(22)19(20(23)26-16)25-13-15-9-5-2-6-10-15/h1-10,16-23H,11-13H2/t16-,17+,18-,19-,20+/m1/s1. The third-order valence-electron chi connectivity index (χ3n) is 4.39. The molecule has 0 unspecified atom stereocenters. The van der Waals surface area contributed by atoms with Crippen LogP contribution in [-0.4, -0.2) is 52.6 Å². The van der Waals surface area contributed by atoms with E-state index < -0.39 is 30.7 Å². The second-order valence-corrected chi connectivity index (χ2v) is 6.26. The number of ether oxygens (including phenoxy) is 3. The molecule has 1 heterocycles. The summed E-state index contributed by atoms with van der Waals surface area (Å²) in [6.07, 6.45) is -5.10. The summed E-state index contributed by atoms with van der Waals surface area (Å²) < 4.78 is 16.9. The maximum atomic E-state index is 10.7. The lowest BCUT2D eigenvalue weighted by Gasteiger charge is -2.41. The summed E-state index contributed by atoms with van der Waals surface area (Å²) in [7, 11) is 0. The number of hydrogen-bond acceptors (Lipinski definition) is 6. The first-order chi connectivity index (χ1) is 12.7. The lowest BCUT2D eigenvalue weighted by Crippen LogP contribution is -2.60. The smallest absolute Gasteiger partial charge is 0.184 e. The van der Waals surface area contributed by atoms with E-state index >= 15 is 0 Å². The van der Waals surface area contributed by atoms with E-state index in [4.69, 9.17) is 14.2 Å². The molecule has 5 atom stereocenters. The summed E-state index contributed by atoms with van der Waals surface area (Å²) in [5, 5.41) is 30.3. The topological polar surface area (TPSA) is 88.4 Å². The highest BCUT2D eigenvalue weighted by atomic mass is 16.7. The Morgan fingerprint density at radius 3 is 1.77 bits per heavy atom. The average molecular weight is 360 g/mol. The van der Waals surface area contributed by atoms with Crippen molar-refractivity contribution in [2.45, 2.75) is 43.9 Å². The molecule has 0 saturated carbocycles. The Balaban J connectivity index is 1.64. The SMILES string of the molecule is OC[C@H]1O[C@H](O)[C@H](OCc2ccccc2)[C@@H](O)[C@@H]1OCc1ccccc1. The normalized spacial score (nSPS) is 28.8. The van der Waals surface area contributed by atoms with E-state index in [0.717, 1.165) is 11.1 Å². The lowest BCUT2D eigenvalue weighted by molar-refractivity contribution is -0.306. The van der Waals surface area contributed by atoms with Gasteiger partial charge in [0.1, 0.15) is 24.4 Å². The quantitative estimate of drug-likeness (QED) is 0.688. The number of aliphatic hydroxyl groups excluding tert-OH is 3. The minimum atomic E-state index is -1.34. The van der Waals surface area contributed by atoms with Crippen molar-refractivity contribution in [1.29, 1.82) is 0 Å². The van der Waals surface area contributed by atoms with Crippen LogP contribution in [0.3, 0.4) is 0 Å². The number of rotatable bonds is 7. The van der Waals surface area contributed by atoms with Gasteiger partial charge in [-0.3, -0.25) is 0 Å². The van der Waals surface area contributed by atoms with Crippen molar-refractivity contribution >= 4 is 0 Å². The van der Waals surface area contributed by atoms with E-state index in [2.05, 4.69) is 0 Å². The fourth-order valence-electron chi connectivity index (χ4n) is 2.98. The van der Waals surface area contributed by atoms with Gasteiger partial charge < -0.3 is 29.5 Å². The molecule has 3 rings (SSSR count). The third kappa shape index (κ3) is 4.67. The molecule has 3 N–H and O–H groups in total. The first-order valence-corrected chi connectivity index (χ1v) is 8.62. The first-order valence-electron chi connectivity index (χ1n) is 8.62. The summed E-state index contributed by atoms with van der Waals surface area (Å²) in [6, 6.07) is 19.0. The van der Waals surface area contributed by atoms with Gasteiger partial charge >= 0.3 is 0 Å². The zero-order chi connectivity index (χ0) is 18.4. The van der Waals surface area contributed by atoms with Crippen molar-refractivity contribution < 1.29 is 29.5 Å². The van der Waals surface area contributed by atoms with E-state index in [1.807, 2.05) is 60.7 Å². The average Bonchev–Trinajstić information content (AvgIpc) is 2.68. The highest BCUT2D eigenvalue weighted by Gasteiger charge is 2.45. The van der Waals surface area contributed by atoms with Crippen LogP contribution in [0.15, 0.2) is 60.7 Å². The highest BCUT2D eigenvalue weighted by Crippen LogP contribution is 2.26. The fraction of sp³-hybridized carbons (Fsp3) is 0.400. The van der Waals surface area contributed by atoms with Gasteiger partial charge in [0.25, 0.3) is 0 Å². The molecule has 6 heteroatoms. The van der Waals surface area contributed by atoms with Gasteiger partial charge in [-0.1, -0.05) is 60.7 Å². The summed E-state index contributed by atoms with van der Waals surface area (Å²) >= 11 is 0. The Hall–Kier alpha value is -1.80. The molecule has 0 aromatic heterocycles. The van der Waals surface area contributed by atoms with Crippen molar-refractivity contribution in [3.8, 4) is 0 Å².